The number of hydrogen-bond donors (Lipinski definition) is 2. The van der Waals surface area contributed by atoms with E-state index in [0.29, 0.717) is 42.0 Å². The number of likely N-dealkylation sites (tertiary alicyclic amines) is 1. The predicted molar refractivity (Wildman–Crippen MR) is 121 cm³/mol. The van der Waals surface area contributed by atoms with Crippen LogP contribution in [0.2, 0.25) is 0 Å². The van der Waals surface area contributed by atoms with Crippen molar-refractivity contribution in [2.75, 3.05) is 27.3 Å². The van der Waals surface area contributed by atoms with E-state index in [1.54, 1.807) is 18.2 Å². The van der Waals surface area contributed by atoms with E-state index in [1.807, 2.05) is 4.90 Å². The quantitative estimate of drug-likeness (QED) is 0.671. The lowest BCUT2D eigenvalue weighted by molar-refractivity contribution is -0.134. The molecule has 2 aromatic rings. The summed E-state index contributed by atoms with van der Waals surface area (Å²) in [5.41, 5.74) is 1.35. The Morgan fingerprint density at radius 3 is 2.22 bits per heavy atom. The minimum absolute atomic E-state index is 0.00650. The molecule has 2 aromatic carbocycles. The van der Waals surface area contributed by atoms with E-state index in [-0.39, 0.29) is 23.6 Å². The number of piperidine rings is 1. The maximum Gasteiger partial charge on any atom is 0.335 e. The molecule has 32 heavy (non-hydrogen) atoms. The SMILES string of the molecule is COc1cc(O)c(C(CC(=O)N2C[C@H](C)C[C@H](C)C2)c2ccc(C(=O)O)cc2)c(OC)c1. The Morgan fingerprint density at radius 1 is 1.06 bits per heavy atom. The first-order valence-corrected chi connectivity index (χ1v) is 10.8. The van der Waals surface area contributed by atoms with Gasteiger partial charge < -0.3 is 24.6 Å². The van der Waals surface area contributed by atoms with Crippen LogP contribution in [0.25, 0.3) is 0 Å². The number of aromatic hydroxyl groups is 1. The van der Waals surface area contributed by atoms with Crippen molar-refractivity contribution in [1.29, 1.82) is 0 Å². The third-order valence-corrected chi connectivity index (χ3v) is 6.06. The molecule has 1 fully saturated rings. The van der Waals surface area contributed by atoms with Gasteiger partial charge in [-0.2, -0.15) is 0 Å². The van der Waals surface area contributed by atoms with Gasteiger partial charge in [0.1, 0.15) is 17.2 Å². The Kier molecular flexibility index (Phi) is 7.28. The van der Waals surface area contributed by atoms with Crippen LogP contribution in [0.15, 0.2) is 36.4 Å². The monoisotopic (exact) mass is 441 g/mol. The fraction of sp³-hybridized carbons (Fsp3) is 0.440. The predicted octanol–water partition coefficient (Wildman–Crippen LogP) is 4.13. The van der Waals surface area contributed by atoms with Crippen molar-refractivity contribution in [3.05, 3.63) is 53.1 Å². The lowest BCUT2D eigenvalue weighted by Gasteiger charge is -2.36. The van der Waals surface area contributed by atoms with Gasteiger partial charge in [0, 0.05) is 43.1 Å². The second-order valence-corrected chi connectivity index (χ2v) is 8.69. The molecule has 1 saturated heterocycles. The van der Waals surface area contributed by atoms with E-state index in [4.69, 9.17) is 9.47 Å². The van der Waals surface area contributed by atoms with Crippen molar-refractivity contribution in [2.45, 2.75) is 32.6 Å². The molecule has 1 aliphatic rings. The number of hydrogen-bond acceptors (Lipinski definition) is 5. The summed E-state index contributed by atoms with van der Waals surface area (Å²) in [5.74, 6) is 0.119. The maximum absolute atomic E-state index is 13.3. The number of phenols is 1. The van der Waals surface area contributed by atoms with Crippen LogP contribution < -0.4 is 9.47 Å². The van der Waals surface area contributed by atoms with Crippen molar-refractivity contribution in [3.8, 4) is 17.2 Å². The van der Waals surface area contributed by atoms with E-state index in [1.165, 1.54) is 32.4 Å². The number of carbonyl (C=O) groups excluding carboxylic acids is 1. The summed E-state index contributed by atoms with van der Waals surface area (Å²) >= 11 is 0. The van der Waals surface area contributed by atoms with Crippen molar-refractivity contribution in [2.24, 2.45) is 11.8 Å². The van der Waals surface area contributed by atoms with Gasteiger partial charge in [-0.15, -0.1) is 0 Å². The van der Waals surface area contributed by atoms with Crippen molar-refractivity contribution < 1.29 is 29.3 Å². The van der Waals surface area contributed by atoms with Crippen LogP contribution in [-0.2, 0) is 4.79 Å². The van der Waals surface area contributed by atoms with Crippen LogP contribution in [0, 0.1) is 11.8 Å². The molecule has 0 spiro atoms. The zero-order valence-electron chi connectivity index (χ0n) is 19.0. The Balaban J connectivity index is 2.02. The van der Waals surface area contributed by atoms with Crippen LogP contribution in [0.5, 0.6) is 17.2 Å². The fourth-order valence-electron chi connectivity index (χ4n) is 4.64. The smallest absolute Gasteiger partial charge is 0.335 e. The van der Waals surface area contributed by atoms with Crippen LogP contribution >= 0.6 is 0 Å². The first kappa shape index (κ1) is 23.4. The number of carboxylic acids is 1. The molecule has 7 nitrogen and oxygen atoms in total. The molecule has 0 aliphatic carbocycles. The first-order chi connectivity index (χ1) is 15.2. The number of carboxylic acid groups (broad SMARTS) is 1. The van der Waals surface area contributed by atoms with Crippen molar-refractivity contribution in [3.63, 3.8) is 0 Å². The molecule has 172 valence electrons. The highest BCUT2D eigenvalue weighted by atomic mass is 16.5. The zero-order chi connectivity index (χ0) is 23.4. The van der Waals surface area contributed by atoms with Gasteiger partial charge in [-0.25, -0.2) is 4.79 Å². The number of ether oxygens (including phenoxy) is 2. The van der Waals surface area contributed by atoms with Crippen LogP contribution in [0.1, 0.15) is 54.1 Å². The highest BCUT2D eigenvalue weighted by Crippen LogP contribution is 2.43. The number of amides is 1. The molecule has 7 heteroatoms. The van der Waals surface area contributed by atoms with Gasteiger partial charge in [-0.3, -0.25) is 4.79 Å². The lowest BCUT2D eigenvalue weighted by Crippen LogP contribution is -2.43. The highest BCUT2D eigenvalue weighted by molar-refractivity contribution is 5.87. The number of benzene rings is 2. The summed E-state index contributed by atoms with van der Waals surface area (Å²) in [6, 6.07) is 9.55. The third-order valence-electron chi connectivity index (χ3n) is 6.06. The molecule has 0 aromatic heterocycles. The largest absolute Gasteiger partial charge is 0.507 e. The molecule has 2 N–H and O–H groups in total. The molecule has 1 amide bonds. The lowest BCUT2D eigenvalue weighted by atomic mass is 9.85. The Labute approximate surface area is 188 Å². The number of methoxy groups -OCH3 is 2. The van der Waals surface area contributed by atoms with Crippen molar-refractivity contribution >= 4 is 11.9 Å². The average Bonchev–Trinajstić information content (AvgIpc) is 2.76. The van der Waals surface area contributed by atoms with Gasteiger partial charge >= 0.3 is 5.97 Å². The number of carbonyl (C=O) groups is 2. The Morgan fingerprint density at radius 2 is 1.69 bits per heavy atom. The molecule has 3 atom stereocenters. The van der Waals surface area contributed by atoms with E-state index in [2.05, 4.69) is 13.8 Å². The second-order valence-electron chi connectivity index (χ2n) is 8.69. The van der Waals surface area contributed by atoms with Crippen LogP contribution in [-0.4, -0.2) is 54.3 Å². The van der Waals surface area contributed by atoms with Crippen molar-refractivity contribution in [1.82, 2.24) is 4.90 Å². The summed E-state index contributed by atoms with van der Waals surface area (Å²) in [6.45, 7) is 5.71. The van der Waals surface area contributed by atoms with Gasteiger partial charge in [-0.05, 0) is 36.0 Å². The summed E-state index contributed by atoms with van der Waals surface area (Å²) in [6.07, 6.45) is 1.22. The van der Waals surface area contributed by atoms with Gasteiger partial charge in [0.2, 0.25) is 5.91 Å². The number of rotatable bonds is 7. The molecule has 1 heterocycles. The minimum Gasteiger partial charge on any atom is -0.507 e. The Bertz CT molecular complexity index is 961. The van der Waals surface area contributed by atoms with E-state index < -0.39 is 11.9 Å². The number of aromatic carboxylic acids is 1. The standard InChI is InChI=1S/C25H31NO6/c1-15-9-16(2)14-26(13-15)23(28)12-20(17-5-7-18(8-6-17)25(29)30)24-21(27)10-19(31-3)11-22(24)32-4/h5-8,10-11,15-16,20,27H,9,12-14H2,1-4H3,(H,29,30)/t15-,16+,20?. The summed E-state index contributed by atoms with van der Waals surface area (Å²) in [7, 11) is 3.00. The maximum atomic E-state index is 13.3. The zero-order valence-corrected chi connectivity index (χ0v) is 19.0. The highest BCUT2D eigenvalue weighted by Gasteiger charge is 2.31. The fourth-order valence-corrected chi connectivity index (χ4v) is 4.64. The normalized spacial score (nSPS) is 19.3. The van der Waals surface area contributed by atoms with E-state index >= 15 is 0 Å². The van der Waals surface area contributed by atoms with E-state index in [9.17, 15) is 19.8 Å². The van der Waals surface area contributed by atoms with Gasteiger partial charge in [0.25, 0.3) is 0 Å². The van der Waals surface area contributed by atoms with Crippen LogP contribution in [0.3, 0.4) is 0 Å². The molecular weight excluding hydrogens is 410 g/mol. The number of phenolic OH excluding ortho intramolecular Hbond substituents is 1. The summed E-state index contributed by atoms with van der Waals surface area (Å²) in [4.78, 5) is 26.5. The number of nitrogens with zero attached hydrogens (tertiary/aromatic N) is 1. The first-order valence-electron chi connectivity index (χ1n) is 10.8. The topological polar surface area (TPSA) is 96.3 Å². The average molecular weight is 442 g/mol. The minimum atomic E-state index is -1.02. The molecule has 0 radical (unpaired) electrons. The third kappa shape index (κ3) is 5.15. The molecule has 0 saturated carbocycles. The molecule has 3 rings (SSSR count). The molecule has 1 unspecified atom stereocenters. The van der Waals surface area contributed by atoms with Gasteiger partial charge in [0.15, 0.2) is 0 Å². The molecule has 0 bridgehead atoms. The van der Waals surface area contributed by atoms with Gasteiger partial charge in [0.05, 0.1) is 19.8 Å². The molecule has 1 aliphatic heterocycles. The van der Waals surface area contributed by atoms with E-state index in [0.717, 1.165) is 12.0 Å². The van der Waals surface area contributed by atoms with Crippen LogP contribution in [0.4, 0.5) is 0 Å². The van der Waals surface area contributed by atoms with Gasteiger partial charge in [-0.1, -0.05) is 26.0 Å². The Hall–Kier alpha value is -3.22. The summed E-state index contributed by atoms with van der Waals surface area (Å²) < 4.78 is 10.8. The molecular formula is C25H31NO6. The second kappa shape index (κ2) is 9.94. The summed E-state index contributed by atoms with van der Waals surface area (Å²) in [5, 5.41) is 20.1.